The molecule has 0 spiro atoms. The van der Waals surface area contributed by atoms with Crippen LogP contribution >= 0.6 is 11.6 Å². The molecule has 0 amide bonds. The van der Waals surface area contributed by atoms with Crippen LogP contribution in [0.1, 0.15) is 19.3 Å². The average Bonchev–Trinajstić information content (AvgIpc) is 3.12. The molecular formula is C20H25ClN4O. The SMILES string of the molecule is C=CCO[C@H]1CC2=CC[C@@H]1C1CN(CCC2Nc2ccc(Cl)cc2)N=N1. The van der Waals surface area contributed by atoms with E-state index in [0.717, 1.165) is 43.1 Å². The Morgan fingerprint density at radius 3 is 3.00 bits per heavy atom. The Labute approximate surface area is 159 Å². The topological polar surface area (TPSA) is 49.2 Å². The fourth-order valence-corrected chi connectivity index (χ4v) is 4.26. The lowest BCUT2D eigenvalue weighted by Crippen LogP contribution is -2.42. The van der Waals surface area contributed by atoms with Gasteiger partial charge in [0.15, 0.2) is 0 Å². The summed E-state index contributed by atoms with van der Waals surface area (Å²) in [5.74, 6) is 0.390. The number of benzene rings is 1. The Kier molecular flexibility index (Phi) is 5.27. The Bertz CT molecular complexity index is 702. The highest BCUT2D eigenvalue weighted by molar-refractivity contribution is 6.30. The Hall–Kier alpha value is -1.85. The molecule has 0 radical (unpaired) electrons. The van der Waals surface area contributed by atoms with Gasteiger partial charge in [-0.3, -0.25) is 5.01 Å². The van der Waals surface area contributed by atoms with E-state index in [1.54, 1.807) is 0 Å². The van der Waals surface area contributed by atoms with Gasteiger partial charge in [-0.2, -0.15) is 5.11 Å². The number of hydrogen-bond acceptors (Lipinski definition) is 5. The second kappa shape index (κ2) is 7.80. The van der Waals surface area contributed by atoms with Crippen molar-refractivity contribution in [1.29, 1.82) is 0 Å². The number of fused-ring (bicyclic) bond motifs is 4. The molecule has 3 heterocycles. The Morgan fingerprint density at radius 1 is 1.35 bits per heavy atom. The summed E-state index contributed by atoms with van der Waals surface area (Å²) < 4.78 is 6.14. The van der Waals surface area contributed by atoms with Gasteiger partial charge in [0.2, 0.25) is 0 Å². The molecule has 5 nitrogen and oxygen atoms in total. The van der Waals surface area contributed by atoms with E-state index < -0.39 is 0 Å². The van der Waals surface area contributed by atoms with Crippen LogP contribution in [0.3, 0.4) is 0 Å². The quantitative estimate of drug-likeness (QED) is 0.775. The lowest BCUT2D eigenvalue weighted by Gasteiger charge is -2.37. The predicted molar refractivity (Wildman–Crippen MR) is 104 cm³/mol. The predicted octanol–water partition coefficient (Wildman–Crippen LogP) is 4.48. The third-order valence-corrected chi connectivity index (χ3v) is 5.77. The van der Waals surface area contributed by atoms with Gasteiger partial charge in [-0.15, -0.1) is 6.58 Å². The molecule has 0 saturated carbocycles. The third kappa shape index (κ3) is 3.79. The number of ether oxygens (including phenoxy) is 1. The smallest absolute Gasteiger partial charge is 0.0977 e. The average molecular weight is 373 g/mol. The molecule has 1 aliphatic carbocycles. The van der Waals surface area contributed by atoms with E-state index in [1.807, 2.05) is 30.3 Å². The van der Waals surface area contributed by atoms with Crippen molar-refractivity contribution in [2.45, 2.75) is 37.5 Å². The highest BCUT2D eigenvalue weighted by Gasteiger charge is 2.39. The van der Waals surface area contributed by atoms with Crippen molar-refractivity contribution in [3.05, 3.63) is 53.6 Å². The maximum Gasteiger partial charge on any atom is 0.0977 e. The minimum absolute atomic E-state index is 0.171. The van der Waals surface area contributed by atoms with E-state index in [2.05, 4.69) is 33.3 Å². The maximum atomic E-state index is 6.14. The van der Waals surface area contributed by atoms with Crippen LogP contribution in [-0.2, 0) is 4.74 Å². The molecule has 138 valence electrons. The molecule has 26 heavy (non-hydrogen) atoms. The van der Waals surface area contributed by atoms with Crippen LogP contribution in [0, 0.1) is 5.92 Å². The molecule has 4 atom stereocenters. The molecule has 1 N–H and O–H groups in total. The lowest BCUT2D eigenvalue weighted by molar-refractivity contribution is 0.0144. The first-order valence-corrected chi connectivity index (χ1v) is 9.70. The first-order chi connectivity index (χ1) is 12.7. The largest absolute Gasteiger partial charge is 0.379 e. The zero-order chi connectivity index (χ0) is 17.9. The van der Waals surface area contributed by atoms with Gasteiger partial charge < -0.3 is 10.1 Å². The summed E-state index contributed by atoms with van der Waals surface area (Å²) in [6, 6.07) is 8.41. The molecular weight excluding hydrogens is 348 g/mol. The van der Waals surface area contributed by atoms with Crippen molar-refractivity contribution < 1.29 is 4.74 Å². The molecule has 3 aliphatic heterocycles. The zero-order valence-corrected chi connectivity index (χ0v) is 15.6. The van der Waals surface area contributed by atoms with E-state index in [0.29, 0.717) is 12.5 Å². The Balaban J connectivity index is 1.57. The van der Waals surface area contributed by atoms with E-state index in [-0.39, 0.29) is 18.2 Å². The van der Waals surface area contributed by atoms with Crippen LogP contribution in [-0.4, -0.2) is 42.9 Å². The van der Waals surface area contributed by atoms with Gasteiger partial charge in [-0.1, -0.05) is 29.0 Å². The van der Waals surface area contributed by atoms with E-state index in [9.17, 15) is 0 Å². The van der Waals surface area contributed by atoms with Gasteiger partial charge in [0.05, 0.1) is 25.3 Å². The second-order valence-corrected chi connectivity index (χ2v) is 7.66. The van der Waals surface area contributed by atoms with Crippen molar-refractivity contribution in [3.63, 3.8) is 0 Å². The van der Waals surface area contributed by atoms with Gasteiger partial charge in [-0.25, -0.2) is 0 Å². The van der Waals surface area contributed by atoms with Gasteiger partial charge in [-0.05, 0) is 49.1 Å². The number of nitrogens with one attached hydrogen (secondary N) is 1. The number of rotatable bonds is 5. The van der Waals surface area contributed by atoms with E-state index >= 15 is 0 Å². The second-order valence-electron chi connectivity index (χ2n) is 7.22. The van der Waals surface area contributed by atoms with E-state index in [4.69, 9.17) is 16.3 Å². The molecule has 4 bridgehead atoms. The van der Waals surface area contributed by atoms with E-state index in [1.165, 1.54) is 5.57 Å². The minimum atomic E-state index is 0.171. The summed E-state index contributed by atoms with van der Waals surface area (Å²) in [5.41, 5.74) is 2.51. The van der Waals surface area contributed by atoms with Crippen LogP contribution < -0.4 is 5.32 Å². The molecule has 1 saturated heterocycles. The zero-order valence-electron chi connectivity index (χ0n) is 14.9. The summed E-state index contributed by atoms with van der Waals surface area (Å²) in [7, 11) is 0. The van der Waals surface area contributed by atoms with Crippen LogP contribution in [0.15, 0.2) is 58.9 Å². The molecule has 1 aromatic rings. The van der Waals surface area contributed by atoms with Crippen molar-refractivity contribution in [2.75, 3.05) is 25.0 Å². The number of anilines is 1. The van der Waals surface area contributed by atoms with Crippen LogP contribution in [0.4, 0.5) is 5.69 Å². The number of allylic oxidation sites excluding steroid dienone is 1. The standard InChI is InChI=1S/C20H25ClN4O/c1-2-11-26-20-12-14-3-8-17(20)19-13-25(24-23-19)10-9-18(14)22-16-6-4-15(21)5-7-16/h2-7,17-20,22H,1,8-13H2/t17-,18?,19?,20+/m1/s1. The van der Waals surface area contributed by atoms with Crippen molar-refractivity contribution in [1.82, 2.24) is 5.01 Å². The fourth-order valence-electron chi connectivity index (χ4n) is 4.13. The fraction of sp³-hybridized carbons (Fsp3) is 0.500. The monoisotopic (exact) mass is 372 g/mol. The molecule has 1 fully saturated rings. The summed E-state index contributed by atoms with van der Waals surface area (Å²) >= 11 is 6.02. The van der Waals surface area contributed by atoms with Gasteiger partial charge in [0.25, 0.3) is 0 Å². The molecule has 0 aromatic heterocycles. The number of nitrogens with zero attached hydrogens (tertiary/aromatic N) is 3. The highest BCUT2D eigenvalue weighted by Crippen LogP contribution is 2.36. The van der Waals surface area contributed by atoms with Gasteiger partial charge >= 0.3 is 0 Å². The number of halogens is 1. The van der Waals surface area contributed by atoms with Gasteiger partial charge in [0.1, 0.15) is 0 Å². The van der Waals surface area contributed by atoms with Crippen molar-refractivity contribution in [3.8, 4) is 0 Å². The van der Waals surface area contributed by atoms with Gasteiger partial charge in [0, 0.05) is 29.2 Å². The molecule has 2 unspecified atom stereocenters. The summed E-state index contributed by atoms with van der Waals surface area (Å²) in [5, 5.41) is 15.5. The first-order valence-electron chi connectivity index (χ1n) is 9.32. The summed E-state index contributed by atoms with van der Waals surface area (Å²) in [6.07, 6.45) is 7.31. The first kappa shape index (κ1) is 17.6. The van der Waals surface area contributed by atoms with Crippen LogP contribution in [0.5, 0.6) is 0 Å². The highest BCUT2D eigenvalue weighted by atomic mass is 35.5. The maximum absolute atomic E-state index is 6.14. The molecule has 1 aromatic carbocycles. The van der Waals surface area contributed by atoms with Crippen molar-refractivity contribution >= 4 is 17.3 Å². The Morgan fingerprint density at radius 2 is 2.19 bits per heavy atom. The summed E-state index contributed by atoms with van der Waals surface area (Å²) in [6.45, 7) is 6.18. The van der Waals surface area contributed by atoms with Crippen LogP contribution in [0.2, 0.25) is 5.02 Å². The lowest BCUT2D eigenvalue weighted by atomic mass is 9.79. The number of hydrogen-bond donors (Lipinski definition) is 1. The molecule has 5 rings (SSSR count). The molecule has 6 heteroatoms. The minimum Gasteiger partial charge on any atom is -0.379 e. The molecule has 4 aliphatic rings. The normalized spacial score (nSPS) is 30.2. The summed E-state index contributed by atoms with van der Waals surface area (Å²) in [4.78, 5) is 0. The van der Waals surface area contributed by atoms with Crippen LogP contribution in [0.25, 0.3) is 0 Å². The van der Waals surface area contributed by atoms with Crippen molar-refractivity contribution in [2.24, 2.45) is 16.3 Å². The third-order valence-electron chi connectivity index (χ3n) is 5.52.